The number of anilines is 2. The molecule has 0 bridgehead atoms. The fourth-order valence-electron chi connectivity index (χ4n) is 4.20. The molecule has 1 aliphatic rings. The molecule has 2 aromatic rings. The Kier molecular flexibility index (Phi) is 8.30. The van der Waals surface area contributed by atoms with Gasteiger partial charge in [0.25, 0.3) is 0 Å². The number of hydrogen-bond donors (Lipinski definition) is 3. The van der Waals surface area contributed by atoms with Gasteiger partial charge >= 0.3 is 5.97 Å². The Hall–Kier alpha value is -2.11. The number of halogens is 2. The number of carbonyl (C=O) groups is 1. The molecule has 1 heterocycles. The van der Waals surface area contributed by atoms with Crippen LogP contribution in [0.15, 0.2) is 63.9 Å². The Morgan fingerprint density at radius 2 is 1.94 bits per heavy atom. The minimum atomic E-state index is -3.48. The summed E-state index contributed by atoms with van der Waals surface area (Å²) in [6.45, 7) is 4.67. The highest BCUT2D eigenvalue weighted by molar-refractivity contribution is 9.10. The van der Waals surface area contributed by atoms with Gasteiger partial charge in [0.2, 0.25) is 5.83 Å². The molecule has 0 saturated carbocycles. The first kappa shape index (κ1) is 26.5. The van der Waals surface area contributed by atoms with Gasteiger partial charge in [-0.25, -0.2) is 4.79 Å². The second kappa shape index (κ2) is 10.7. The average molecular weight is 557 g/mol. The predicted octanol–water partition coefficient (Wildman–Crippen LogP) is 7.17. The van der Waals surface area contributed by atoms with Crippen molar-refractivity contribution in [3.05, 3.63) is 59.0 Å². The maximum absolute atomic E-state index is 13.5. The van der Waals surface area contributed by atoms with E-state index in [1.165, 1.54) is 6.07 Å². The van der Waals surface area contributed by atoms with Gasteiger partial charge in [0.05, 0.1) is 15.7 Å². The molecule has 0 amide bonds. The summed E-state index contributed by atoms with van der Waals surface area (Å²) in [5, 5.41) is 8.77. The van der Waals surface area contributed by atoms with Gasteiger partial charge in [-0.1, -0.05) is 44.9 Å². The van der Waals surface area contributed by atoms with Crippen LogP contribution in [0.25, 0.3) is 0 Å². The largest absolute Gasteiger partial charge is 0.476 e. The number of hydrogen-bond acceptors (Lipinski definition) is 6. The zero-order chi connectivity index (χ0) is 25.1. The molecule has 0 fully saturated rings. The van der Waals surface area contributed by atoms with Gasteiger partial charge in [-0.05, 0) is 47.0 Å². The van der Waals surface area contributed by atoms with Crippen molar-refractivity contribution in [3.63, 3.8) is 0 Å². The van der Waals surface area contributed by atoms with Gasteiger partial charge in [0.15, 0.2) is 0 Å². The fourth-order valence-corrected chi connectivity index (χ4v) is 6.45. The standard InChI is InChI=1S/C24H30BrFN2O5S/c1-4-6-12-24(5-2)16-28(17-10-8-7-9-11-17)20-13-18(25)21(33-15-19(26)23(29)30)14-22(20)34(31,32)27(24)3/h7-11,13-15,31-32H,4-6,12,16H2,1-3H3,(H,29,30)/b19-15-. The lowest BCUT2D eigenvalue weighted by molar-refractivity contribution is -0.134. The predicted molar refractivity (Wildman–Crippen MR) is 136 cm³/mol. The van der Waals surface area contributed by atoms with Crippen LogP contribution in [0, 0.1) is 0 Å². The molecule has 2 aromatic carbocycles. The molecule has 186 valence electrons. The molecule has 3 N–H and O–H groups in total. The first-order chi connectivity index (χ1) is 16.1. The van der Waals surface area contributed by atoms with Gasteiger partial charge in [0, 0.05) is 25.3 Å². The van der Waals surface area contributed by atoms with E-state index in [4.69, 9.17) is 9.84 Å². The van der Waals surface area contributed by atoms with Crippen LogP contribution in [0.1, 0.15) is 39.5 Å². The number of carboxylic acids is 1. The van der Waals surface area contributed by atoms with Crippen LogP contribution in [0.4, 0.5) is 15.8 Å². The number of aliphatic carboxylic acids is 1. The monoisotopic (exact) mass is 556 g/mol. The van der Waals surface area contributed by atoms with Gasteiger partial charge in [0.1, 0.15) is 16.9 Å². The Morgan fingerprint density at radius 3 is 2.53 bits per heavy atom. The number of ether oxygens (including phenoxy) is 1. The molecule has 7 nitrogen and oxygen atoms in total. The van der Waals surface area contributed by atoms with E-state index in [-0.39, 0.29) is 10.6 Å². The minimum absolute atomic E-state index is 0.0640. The minimum Gasteiger partial charge on any atom is -0.476 e. The molecule has 3 rings (SSSR count). The summed E-state index contributed by atoms with van der Waals surface area (Å²) >= 11 is 3.41. The molecule has 1 atom stereocenters. The third-order valence-corrected chi connectivity index (χ3v) is 9.00. The number of benzene rings is 2. The molecule has 34 heavy (non-hydrogen) atoms. The number of rotatable bonds is 8. The average Bonchev–Trinajstić information content (AvgIpc) is 2.89. The summed E-state index contributed by atoms with van der Waals surface area (Å²) in [6.07, 6.45) is 3.82. The van der Waals surface area contributed by atoms with Crippen molar-refractivity contribution in [1.82, 2.24) is 4.31 Å². The highest BCUT2D eigenvalue weighted by atomic mass is 79.9. The number of likely N-dealkylation sites (N-methyl/N-ethyl adjacent to an activating group) is 1. The SMILES string of the molecule is CCCCC1(CC)CN(c2ccccc2)c2cc(Br)c(O/C=C(\F)C(=O)O)cc2S(O)(O)N1C. The molecular weight excluding hydrogens is 527 g/mol. The molecular formula is C24H30BrFN2O5S. The van der Waals surface area contributed by atoms with Crippen molar-refractivity contribution in [2.45, 2.75) is 50.0 Å². The Balaban J connectivity index is 2.23. The molecule has 0 aromatic heterocycles. The summed E-state index contributed by atoms with van der Waals surface area (Å²) in [5.41, 5.74) is 0.930. The maximum atomic E-state index is 13.5. The van der Waals surface area contributed by atoms with E-state index in [9.17, 15) is 18.3 Å². The molecule has 0 saturated heterocycles. The molecule has 10 heteroatoms. The summed E-state index contributed by atoms with van der Waals surface area (Å²) < 4.78 is 44.0. The first-order valence-electron chi connectivity index (χ1n) is 11.0. The molecule has 0 spiro atoms. The van der Waals surface area contributed by atoms with Gasteiger partial charge in [-0.2, -0.15) is 8.70 Å². The Bertz CT molecular complexity index is 1070. The van der Waals surface area contributed by atoms with Crippen molar-refractivity contribution in [2.24, 2.45) is 0 Å². The lowest BCUT2D eigenvalue weighted by Crippen LogP contribution is -2.52. The zero-order valence-electron chi connectivity index (χ0n) is 19.4. The van der Waals surface area contributed by atoms with Crippen LogP contribution in [-0.2, 0) is 4.79 Å². The normalized spacial score (nSPS) is 21.5. The van der Waals surface area contributed by atoms with Crippen LogP contribution in [-0.4, -0.2) is 43.6 Å². The van der Waals surface area contributed by atoms with Gasteiger partial charge in [-0.3, -0.25) is 9.11 Å². The van der Waals surface area contributed by atoms with Crippen molar-refractivity contribution in [2.75, 3.05) is 18.5 Å². The van der Waals surface area contributed by atoms with Crippen molar-refractivity contribution in [1.29, 1.82) is 0 Å². The van der Waals surface area contributed by atoms with E-state index in [0.717, 1.165) is 24.9 Å². The number of fused-ring (bicyclic) bond motifs is 1. The third-order valence-electron chi connectivity index (χ3n) is 6.32. The van der Waals surface area contributed by atoms with E-state index in [0.29, 0.717) is 29.4 Å². The summed E-state index contributed by atoms with van der Waals surface area (Å²) in [6, 6.07) is 12.8. The number of nitrogens with zero attached hydrogens (tertiary/aromatic N) is 2. The van der Waals surface area contributed by atoms with Crippen molar-refractivity contribution in [3.8, 4) is 5.75 Å². The summed E-state index contributed by atoms with van der Waals surface area (Å²) in [7, 11) is -1.76. The van der Waals surface area contributed by atoms with Crippen LogP contribution in [0.5, 0.6) is 5.75 Å². The fraction of sp³-hybridized carbons (Fsp3) is 0.375. The van der Waals surface area contributed by atoms with Crippen LogP contribution < -0.4 is 9.64 Å². The number of carboxylic acid groups (broad SMARTS) is 1. The molecule has 1 aliphatic heterocycles. The topological polar surface area (TPSA) is 93.5 Å². The zero-order valence-corrected chi connectivity index (χ0v) is 21.8. The quantitative estimate of drug-likeness (QED) is 0.234. The van der Waals surface area contributed by atoms with E-state index in [1.807, 2.05) is 37.3 Å². The smallest absolute Gasteiger partial charge is 0.368 e. The molecule has 0 aliphatic carbocycles. The van der Waals surface area contributed by atoms with Crippen LogP contribution in [0.3, 0.4) is 0 Å². The maximum Gasteiger partial charge on any atom is 0.368 e. The Morgan fingerprint density at radius 1 is 1.26 bits per heavy atom. The number of para-hydroxylation sites is 1. The van der Waals surface area contributed by atoms with E-state index in [1.54, 1.807) is 17.4 Å². The van der Waals surface area contributed by atoms with Crippen LogP contribution in [0.2, 0.25) is 0 Å². The van der Waals surface area contributed by atoms with Crippen molar-refractivity contribution >= 4 is 44.0 Å². The van der Waals surface area contributed by atoms with Gasteiger partial charge in [-0.15, -0.1) is 10.8 Å². The van der Waals surface area contributed by atoms with Crippen LogP contribution >= 0.6 is 26.7 Å². The summed E-state index contributed by atoms with van der Waals surface area (Å²) in [4.78, 5) is 13.1. The highest BCUT2D eigenvalue weighted by Crippen LogP contribution is 2.62. The van der Waals surface area contributed by atoms with Crippen molar-refractivity contribution < 1.29 is 28.1 Å². The second-order valence-corrected chi connectivity index (χ2v) is 11.1. The highest BCUT2D eigenvalue weighted by Gasteiger charge is 2.46. The van der Waals surface area contributed by atoms with Gasteiger partial charge < -0.3 is 14.7 Å². The third kappa shape index (κ3) is 5.11. The lowest BCUT2D eigenvalue weighted by atomic mass is 9.88. The summed E-state index contributed by atoms with van der Waals surface area (Å²) in [5.74, 6) is -3.16. The second-order valence-electron chi connectivity index (χ2n) is 8.26. The van der Waals surface area contributed by atoms with E-state index in [2.05, 4.69) is 27.8 Å². The lowest BCUT2D eigenvalue weighted by Gasteiger charge is -2.50. The van der Waals surface area contributed by atoms with E-state index < -0.39 is 28.1 Å². The van der Waals surface area contributed by atoms with E-state index >= 15 is 0 Å². The first-order valence-corrected chi connectivity index (χ1v) is 13.3. The number of unbranched alkanes of at least 4 members (excludes halogenated alkanes) is 1. The molecule has 0 radical (unpaired) electrons. The Labute approximate surface area is 209 Å². The molecule has 1 unspecified atom stereocenters.